The van der Waals surface area contributed by atoms with Crippen LogP contribution in [-0.4, -0.2) is 106 Å². The van der Waals surface area contributed by atoms with E-state index in [0.29, 0.717) is 98.0 Å². The normalized spacial score (nSPS) is 20.9. The van der Waals surface area contributed by atoms with Crippen molar-refractivity contribution in [1.82, 2.24) is 29.4 Å². The number of fused-ring (bicyclic) bond motifs is 4. The summed E-state index contributed by atoms with van der Waals surface area (Å²) >= 11 is 12.9. The third kappa shape index (κ3) is 5.53. The number of hydrogen-bond acceptors (Lipinski definition) is 4. The lowest BCUT2D eigenvalue weighted by atomic mass is 9.86. The number of nitrogens with zero attached hydrogens (tertiary/aromatic N) is 6. The van der Waals surface area contributed by atoms with Crippen molar-refractivity contribution in [1.29, 1.82) is 0 Å². The number of amidine groups is 2. The molecule has 5 aliphatic heterocycles. The Morgan fingerprint density at radius 2 is 0.870 bits per heavy atom. The highest BCUT2D eigenvalue weighted by Gasteiger charge is 2.52. The van der Waals surface area contributed by atoms with Crippen LogP contribution < -0.4 is 10.6 Å². The average Bonchev–Trinajstić information content (AvgIpc) is 3.97. The van der Waals surface area contributed by atoms with Crippen LogP contribution in [0.15, 0.2) is 121 Å². The van der Waals surface area contributed by atoms with Crippen LogP contribution >= 0.6 is 23.2 Å². The van der Waals surface area contributed by atoms with Gasteiger partial charge >= 0.3 is 13.9 Å². The Kier molecular flexibility index (Phi) is 8.76. The first kappa shape index (κ1) is 35.0. The maximum Gasteiger partial charge on any atom is 0.640 e. The maximum atomic E-state index is 16.6. The van der Waals surface area contributed by atoms with Gasteiger partial charge in [-0.25, -0.2) is 0 Å². The van der Waals surface area contributed by atoms with Crippen LogP contribution in [0.5, 0.6) is 0 Å². The van der Waals surface area contributed by atoms with Crippen molar-refractivity contribution in [3.63, 3.8) is 0 Å². The molecule has 0 aliphatic carbocycles. The highest BCUT2D eigenvalue weighted by Crippen LogP contribution is 2.43. The predicted octanol–water partition coefficient (Wildman–Crippen LogP) is 6.05. The molecule has 0 saturated carbocycles. The Bertz CT molecular complexity index is 2170. The summed E-state index contributed by atoms with van der Waals surface area (Å²) in [5.41, 5.74) is 4.64. The fraction of sp³-hybridized carbons (Fsp3) is 0.211. The molecule has 0 atom stereocenters. The zero-order valence-corrected chi connectivity index (χ0v) is 30.7. The number of benzene rings is 2. The summed E-state index contributed by atoms with van der Waals surface area (Å²) in [6.07, 6.45) is 7.07. The molecule has 2 N–H and O–H groups in total. The Hall–Kier alpha value is -4.75. The van der Waals surface area contributed by atoms with Crippen LogP contribution in [-0.2, 0) is 0 Å². The number of nitrogens with one attached hydrogen (secondary N) is 2. The van der Waals surface area contributed by atoms with E-state index in [0.717, 1.165) is 29.1 Å². The fourth-order valence-corrected chi connectivity index (χ4v) is 8.96. The molecule has 0 unspecified atom stereocenters. The minimum Gasteiger partial charge on any atom is -0.414 e. The van der Waals surface area contributed by atoms with Crippen molar-refractivity contribution < 1.29 is 26.2 Å². The molecule has 1 fully saturated rings. The van der Waals surface area contributed by atoms with E-state index in [2.05, 4.69) is 10.6 Å². The molecule has 4 aromatic rings. The lowest BCUT2D eigenvalue weighted by Crippen LogP contribution is -2.55. The van der Waals surface area contributed by atoms with Gasteiger partial charge in [0.15, 0.2) is 0 Å². The molecule has 276 valence electrons. The standard InChI is InChI=1S/C38H36B2Cl2F4N8/c41-33-15-11-29-37(27-7-3-1-4-8-27)31-13-17-35(53(31)39(43,44)51(29)33)49-23-19-47-21-25-50(26-22-48-20-24-49)36-18-14-32-38(28-9-5-2-6-10-28)30-12-16-34(42)52(30)40(45,46)54(32)36/h1-18,47-48H,19-26H2. The van der Waals surface area contributed by atoms with Gasteiger partial charge in [-0.1, -0.05) is 83.9 Å². The van der Waals surface area contributed by atoms with Crippen molar-refractivity contribution in [2.24, 2.45) is 0 Å². The molecule has 7 heterocycles. The number of rotatable bonds is 2. The van der Waals surface area contributed by atoms with Gasteiger partial charge in [0.05, 0.1) is 47.9 Å². The topological polar surface area (TPSA) is 46.4 Å². The van der Waals surface area contributed by atoms with Gasteiger partial charge in [0.2, 0.25) is 11.7 Å². The number of halogens is 6. The second kappa shape index (κ2) is 13.5. The Labute approximate surface area is 320 Å². The van der Waals surface area contributed by atoms with E-state index in [4.69, 9.17) is 23.2 Å². The molecule has 5 aliphatic rings. The molecule has 0 bridgehead atoms. The van der Waals surface area contributed by atoms with Crippen LogP contribution in [0.2, 0.25) is 10.3 Å². The molecule has 2 aromatic heterocycles. The van der Waals surface area contributed by atoms with Gasteiger partial charge in [-0.05, 0) is 47.5 Å². The highest BCUT2D eigenvalue weighted by molar-refractivity contribution is 6.60. The Morgan fingerprint density at radius 1 is 0.500 bits per heavy atom. The predicted molar refractivity (Wildman–Crippen MR) is 208 cm³/mol. The van der Waals surface area contributed by atoms with Gasteiger partial charge < -0.3 is 45.8 Å². The van der Waals surface area contributed by atoms with Crippen LogP contribution in [0.3, 0.4) is 0 Å². The first-order chi connectivity index (χ1) is 26.2. The minimum atomic E-state index is -4.31. The van der Waals surface area contributed by atoms with Crippen molar-refractivity contribution in [3.05, 3.63) is 153 Å². The van der Waals surface area contributed by atoms with Gasteiger partial charge in [-0.3, -0.25) is 9.80 Å². The summed E-state index contributed by atoms with van der Waals surface area (Å²) in [7, 11) is 0. The minimum absolute atomic E-state index is 0.0235. The van der Waals surface area contributed by atoms with Gasteiger partial charge in [0.1, 0.15) is 0 Å². The number of hydrogen-bond donors (Lipinski definition) is 2. The molecule has 0 radical (unpaired) electrons. The first-order valence-electron chi connectivity index (χ1n) is 18.2. The van der Waals surface area contributed by atoms with Crippen molar-refractivity contribution in [2.45, 2.75) is 0 Å². The van der Waals surface area contributed by atoms with Crippen molar-refractivity contribution in [3.8, 4) is 0 Å². The fourth-order valence-electron chi connectivity index (χ4n) is 8.42. The molecular weight excluding hydrogens is 737 g/mol. The molecule has 0 amide bonds. The van der Waals surface area contributed by atoms with Crippen LogP contribution in [0.4, 0.5) is 17.3 Å². The SMILES string of the molecule is F[B-]1(F)n2c(Cl)ccc2C(c2ccccc2)=C2C=CC(N3CCNCCN(C4=[N+]5C(=C(c6ccccc6)c6ccc(Cl)n6[B-]5(F)F)C=C4)CCNCC3)=[N+]21. The van der Waals surface area contributed by atoms with E-state index in [1.807, 2.05) is 70.5 Å². The Morgan fingerprint density at radius 3 is 1.24 bits per heavy atom. The molecule has 9 rings (SSSR count). The third-order valence-corrected chi connectivity index (χ3v) is 11.4. The van der Waals surface area contributed by atoms with E-state index in [1.54, 1.807) is 36.4 Å². The van der Waals surface area contributed by atoms with E-state index in [9.17, 15) is 0 Å². The number of aromatic nitrogens is 2. The van der Waals surface area contributed by atoms with Crippen LogP contribution in [0.25, 0.3) is 11.1 Å². The van der Waals surface area contributed by atoms with Crippen LogP contribution in [0, 0.1) is 0 Å². The molecule has 8 nitrogen and oxygen atoms in total. The first-order valence-corrected chi connectivity index (χ1v) is 18.9. The number of allylic oxidation sites excluding steroid dienone is 2. The van der Waals surface area contributed by atoms with Gasteiger partial charge in [0, 0.05) is 60.9 Å². The largest absolute Gasteiger partial charge is 0.640 e. The van der Waals surface area contributed by atoms with Gasteiger partial charge in [-0.2, -0.15) is 0 Å². The molecule has 54 heavy (non-hydrogen) atoms. The van der Waals surface area contributed by atoms with Crippen molar-refractivity contribution in [2.75, 3.05) is 52.4 Å². The van der Waals surface area contributed by atoms with Crippen LogP contribution in [0.1, 0.15) is 22.5 Å². The Balaban J connectivity index is 0.998. The zero-order chi connectivity index (χ0) is 37.2. The molecule has 1 saturated heterocycles. The summed E-state index contributed by atoms with van der Waals surface area (Å²) in [5.74, 6) is 0.804. The van der Waals surface area contributed by atoms with E-state index in [1.165, 1.54) is 12.1 Å². The maximum absolute atomic E-state index is 16.6. The summed E-state index contributed by atoms with van der Waals surface area (Å²) in [6, 6.07) is 25.4. The average molecular weight is 773 g/mol. The summed E-state index contributed by atoms with van der Waals surface area (Å²) in [4.78, 5) is 3.94. The summed E-state index contributed by atoms with van der Waals surface area (Å²) in [5, 5.41) is 6.85. The highest BCUT2D eigenvalue weighted by atomic mass is 35.5. The van der Waals surface area contributed by atoms with E-state index < -0.39 is 13.9 Å². The smallest absolute Gasteiger partial charge is 0.414 e. The van der Waals surface area contributed by atoms with Crippen molar-refractivity contribution >= 4 is 60.0 Å². The quantitative estimate of drug-likeness (QED) is 0.193. The molecule has 16 heteroatoms. The van der Waals surface area contributed by atoms with E-state index >= 15 is 17.3 Å². The molecular formula is C38H36B2Cl2F4N8. The lowest BCUT2D eigenvalue weighted by molar-refractivity contribution is -0.368. The summed E-state index contributed by atoms with van der Waals surface area (Å²) < 4.78 is 70.6. The lowest BCUT2D eigenvalue weighted by Gasteiger charge is -2.37. The monoisotopic (exact) mass is 772 g/mol. The third-order valence-electron chi connectivity index (χ3n) is 10.8. The van der Waals surface area contributed by atoms with Gasteiger partial charge in [0.25, 0.3) is 0 Å². The second-order valence-corrected chi connectivity index (χ2v) is 14.6. The summed E-state index contributed by atoms with van der Waals surface area (Å²) in [6.45, 7) is -4.91. The zero-order valence-electron chi connectivity index (χ0n) is 29.2. The second-order valence-electron chi connectivity index (χ2n) is 13.8. The van der Waals surface area contributed by atoms with E-state index in [-0.39, 0.29) is 10.3 Å². The van der Waals surface area contributed by atoms with Gasteiger partial charge in [-0.15, -0.1) is 0 Å². The molecule has 2 aromatic carbocycles. The molecule has 0 spiro atoms.